The molecule has 0 saturated carbocycles. The molecule has 0 aliphatic rings. The van der Waals surface area contributed by atoms with Gasteiger partial charge in [0.2, 0.25) is 0 Å². The summed E-state index contributed by atoms with van der Waals surface area (Å²) in [6, 6.07) is 7.75. The van der Waals surface area contributed by atoms with Crippen LogP contribution in [0.3, 0.4) is 0 Å². The molecule has 2 heteroatoms. The molecule has 0 heterocycles. The van der Waals surface area contributed by atoms with E-state index in [9.17, 15) is 0 Å². The van der Waals surface area contributed by atoms with Crippen molar-refractivity contribution in [2.24, 2.45) is 0 Å². The van der Waals surface area contributed by atoms with E-state index < -0.39 is 0 Å². The average Bonchev–Trinajstić information content (AvgIpc) is 2.18. The number of benzene rings is 1. The fraction of sp³-hybridized carbons (Fsp3) is 0.231. The molecule has 0 aromatic heterocycles. The summed E-state index contributed by atoms with van der Waals surface area (Å²) < 4.78 is 0. The molecular formula is C13H18N2. The molecule has 1 rings (SSSR count). The summed E-state index contributed by atoms with van der Waals surface area (Å²) in [6.45, 7) is 4.12. The second-order valence-electron chi connectivity index (χ2n) is 3.32. The zero-order valence-electron chi connectivity index (χ0n) is 9.33. The summed E-state index contributed by atoms with van der Waals surface area (Å²) in [5.41, 5.74) is 8.60. The Labute approximate surface area is 91.5 Å². The molecule has 0 spiro atoms. The van der Waals surface area contributed by atoms with Gasteiger partial charge in [-0.15, -0.1) is 0 Å². The minimum absolute atomic E-state index is 0.774. The molecule has 0 radical (unpaired) electrons. The van der Waals surface area contributed by atoms with Crippen molar-refractivity contribution in [1.82, 2.24) is 0 Å². The zero-order chi connectivity index (χ0) is 11.1. The molecule has 1 aromatic rings. The molecule has 2 nitrogen and oxygen atoms in total. The fourth-order valence-corrected chi connectivity index (χ4v) is 1.34. The lowest BCUT2D eigenvalue weighted by Gasteiger charge is -2.07. The van der Waals surface area contributed by atoms with Crippen LogP contribution in [-0.2, 0) is 0 Å². The maximum atomic E-state index is 5.70. The molecule has 0 saturated heterocycles. The minimum atomic E-state index is 0.774. The predicted octanol–water partition coefficient (Wildman–Crippen LogP) is 3.55. The molecule has 3 N–H and O–H groups in total. The first kappa shape index (κ1) is 11.4. The van der Waals surface area contributed by atoms with E-state index in [0.717, 1.165) is 23.5 Å². The molecule has 0 amide bonds. The third kappa shape index (κ3) is 3.90. The van der Waals surface area contributed by atoms with Crippen LogP contribution < -0.4 is 11.1 Å². The van der Waals surface area contributed by atoms with Gasteiger partial charge in [-0.3, -0.25) is 0 Å². The van der Waals surface area contributed by atoms with Crippen LogP contribution in [-0.4, -0.2) is 0 Å². The Hall–Kier alpha value is -1.70. The van der Waals surface area contributed by atoms with Crippen LogP contribution >= 0.6 is 0 Å². The Bertz CT molecular complexity index is 365. The van der Waals surface area contributed by atoms with Crippen molar-refractivity contribution in [3.8, 4) is 0 Å². The summed E-state index contributed by atoms with van der Waals surface area (Å²) in [5.74, 6) is 0. The van der Waals surface area contributed by atoms with Crippen molar-refractivity contribution in [3.05, 3.63) is 48.2 Å². The normalized spacial score (nSPS) is 12.0. The van der Waals surface area contributed by atoms with Gasteiger partial charge in [0.1, 0.15) is 0 Å². The molecule has 80 valence electrons. The van der Waals surface area contributed by atoms with Crippen LogP contribution in [0, 0.1) is 0 Å². The SMILES string of the molecule is C/C=C\C(=C/CC)Nc1cccc(N)c1. The average molecular weight is 202 g/mol. The van der Waals surface area contributed by atoms with Crippen molar-refractivity contribution < 1.29 is 0 Å². The highest BCUT2D eigenvalue weighted by molar-refractivity contribution is 5.57. The van der Waals surface area contributed by atoms with Crippen LogP contribution in [0.1, 0.15) is 20.3 Å². The second-order valence-corrected chi connectivity index (χ2v) is 3.32. The number of nitrogen functional groups attached to an aromatic ring is 1. The van der Waals surface area contributed by atoms with E-state index >= 15 is 0 Å². The number of rotatable bonds is 4. The standard InChI is InChI=1S/C13H18N2/c1-3-6-12(7-4-2)15-13-9-5-8-11(14)10-13/h3,5-10,15H,4,14H2,1-2H3/b6-3-,12-7+. The van der Waals surface area contributed by atoms with E-state index in [1.54, 1.807) is 0 Å². The Morgan fingerprint density at radius 1 is 1.47 bits per heavy atom. The quantitative estimate of drug-likeness (QED) is 0.579. The van der Waals surface area contributed by atoms with Crippen LogP contribution in [0.4, 0.5) is 11.4 Å². The van der Waals surface area contributed by atoms with Gasteiger partial charge < -0.3 is 11.1 Å². The Balaban J connectivity index is 2.78. The highest BCUT2D eigenvalue weighted by atomic mass is 14.9. The summed E-state index contributed by atoms with van der Waals surface area (Å²) in [5, 5.41) is 3.32. The molecular weight excluding hydrogens is 184 g/mol. The van der Waals surface area contributed by atoms with Crippen LogP contribution in [0.25, 0.3) is 0 Å². The first-order chi connectivity index (χ1) is 7.26. The van der Waals surface area contributed by atoms with Gasteiger partial charge in [0.25, 0.3) is 0 Å². The molecule has 1 aromatic carbocycles. The smallest absolute Gasteiger partial charge is 0.0404 e. The highest BCUT2D eigenvalue weighted by Gasteiger charge is 1.94. The zero-order valence-corrected chi connectivity index (χ0v) is 9.33. The number of allylic oxidation sites excluding steroid dienone is 3. The van der Waals surface area contributed by atoms with Gasteiger partial charge in [0.15, 0.2) is 0 Å². The molecule has 0 unspecified atom stereocenters. The summed E-state index contributed by atoms with van der Waals surface area (Å²) in [7, 11) is 0. The maximum absolute atomic E-state index is 5.70. The minimum Gasteiger partial charge on any atom is -0.399 e. The van der Waals surface area contributed by atoms with Crippen molar-refractivity contribution in [2.45, 2.75) is 20.3 Å². The van der Waals surface area contributed by atoms with Gasteiger partial charge in [0, 0.05) is 17.1 Å². The Morgan fingerprint density at radius 3 is 2.87 bits per heavy atom. The predicted molar refractivity (Wildman–Crippen MR) is 67.7 cm³/mol. The van der Waals surface area contributed by atoms with E-state index in [1.165, 1.54) is 0 Å². The van der Waals surface area contributed by atoms with Gasteiger partial charge in [0.05, 0.1) is 0 Å². The lowest BCUT2D eigenvalue weighted by molar-refractivity contribution is 1.20. The Kier molecular flexibility index (Phi) is 4.48. The molecule has 15 heavy (non-hydrogen) atoms. The van der Waals surface area contributed by atoms with Crippen molar-refractivity contribution >= 4 is 11.4 Å². The third-order valence-electron chi connectivity index (χ3n) is 1.95. The van der Waals surface area contributed by atoms with E-state index in [1.807, 2.05) is 43.3 Å². The first-order valence-electron chi connectivity index (χ1n) is 5.21. The number of anilines is 2. The van der Waals surface area contributed by atoms with Crippen molar-refractivity contribution in [3.63, 3.8) is 0 Å². The lowest BCUT2D eigenvalue weighted by Crippen LogP contribution is -1.97. The van der Waals surface area contributed by atoms with Crippen molar-refractivity contribution in [2.75, 3.05) is 11.1 Å². The van der Waals surface area contributed by atoms with Gasteiger partial charge in [-0.05, 0) is 37.6 Å². The van der Waals surface area contributed by atoms with E-state index in [-0.39, 0.29) is 0 Å². The summed E-state index contributed by atoms with van der Waals surface area (Å²) >= 11 is 0. The van der Waals surface area contributed by atoms with E-state index in [2.05, 4.69) is 18.3 Å². The van der Waals surface area contributed by atoms with E-state index in [0.29, 0.717) is 0 Å². The fourth-order valence-electron chi connectivity index (χ4n) is 1.34. The number of hydrogen-bond acceptors (Lipinski definition) is 2. The van der Waals surface area contributed by atoms with Crippen LogP contribution in [0.2, 0.25) is 0 Å². The second kappa shape index (κ2) is 5.91. The van der Waals surface area contributed by atoms with Gasteiger partial charge in [-0.25, -0.2) is 0 Å². The molecule has 0 atom stereocenters. The first-order valence-corrected chi connectivity index (χ1v) is 5.21. The number of nitrogens with one attached hydrogen (secondary N) is 1. The largest absolute Gasteiger partial charge is 0.399 e. The molecule has 0 fully saturated rings. The number of hydrogen-bond donors (Lipinski definition) is 2. The monoisotopic (exact) mass is 202 g/mol. The third-order valence-corrected chi connectivity index (χ3v) is 1.95. The van der Waals surface area contributed by atoms with Gasteiger partial charge >= 0.3 is 0 Å². The maximum Gasteiger partial charge on any atom is 0.0404 e. The molecule has 0 bridgehead atoms. The summed E-state index contributed by atoms with van der Waals surface area (Å²) in [4.78, 5) is 0. The molecule has 0 aliphatic carbocycles. The number of nitrogens with two attached hydrogens (primary N) is 1. The van der Waals surface area contributed by atoms with Gasteiger partial charge in [-0.1, -0.05) is 25.1 Å². The highest BCUT2D eigenvalue weighted by Crippen LogP contribution is 2.14. The van der Waals surface area contributed by atoms with Gasteiger partial charge in [-0.2, -0.15) is 0 Å². The van der Waals surface area contributed by atoms with Crippen LogP contribution in [0.5, 0.6) is 0 Å². The Morgan fingerprint density at radius 2 is 2.27 bits per heavy atom. The van der Waals surface area contributed by atoms with Crippen molar-refractivity contribution in [1.29, 1.82) is 0 Å². The topological polar surface area (TPSA) is 38.0 Å². The van der Waals surface area contributed by atoms with E-state index in [4.69, 9.17) is 5.73 Å². The lowest BCUT2D eigenvalue weighted by atomic mass is 10.2. The molecule has 0 aliphatic heterocycles. The summed E-state index contributed by atoms with van der Waals surface area (Å²) in [6.07, 6.45) is 7.21. The van der Waals surface area contributed by atoms with Crippen LogP contribution in [0.15, 0.2) is 48.2 Å².